The normalized spacial score (nSPS) is 11.7. The van der Waals surface area contributed by atoms with Crippen LogP contribution in [0.15, 0.2) is 30.3 Å². The van der Waals surface area contributed by atoms with Crippen LogP contribution in [0.5, 0.6) is 5.75 Å². The third kappa shape index (κ3) is 4.60. The van der Waals surface area contributed by atoms with Crippen molar-refractivity contribution in [3.63, 3.8) is 0 Å². The lowest BCUT2D eigenvalue weighted by atomic mass is 10.3. The summed E-state index contributed by atoms with van der Waals surface area (Å²) < 4.78 is 10.1. The van der Waals surface area contributed by atoms with Gasteiger partial charge in [-0.15, -0.1) is 11.3 Å². The molecular weight excluding hydrogens is 361 g/mol. The summed E-state index contributed by atoms with van der Waals surface area (Å²) in [4.78, 5) is 23.9. The molecule has 5 nitrogen and oxygen atoms in total. The van der Waals surface area contributed by atoms with Crippen LogP contribution in [-0.2, 0) is 9.53 Å². The van der Waals surface area contributed by atoms with Gasteiger partial charge in [0.1, 0.15) is 10.6 Å². The van der Waals surface area contributed by atoms with E-state index in [9.17, 15) is 9.59 Å². The van der Waals surface area contributed by atoms with Gasteiger partial charge >= 0.3 is 5.97 Å². The Bertz CT molecular complexity index is 732. The van der Waals surface area contributed by atoms with Gasteiger partial charge in [-0.25, -0.2) is 4.79 Å². The highest BCUT2D eigenvalue weighted by atomic mass is 35.5. The number of amides is 1. The minimum Gasteiger partial charge on any atom is -0.479 e. The minimum atomic E-state index is -0.780. The number of halogens is 2. The van der Waals surface area contributed by atoms with E-state index < -0.39 is 12.1 Å². The van der Waals surface area contributed by atoms with Gasteiger partial charge in [-0.3, -0.25) is 4.79 Å². The molecule has 1 aromatic heterocycles. The van der Waals surface area contributed by atoms with E-state index in [1.807, 2.05) is 0 Å². The van der Waals surface area contributed by atoms with Crippen molar-refractivity contribution in [1.82, 2.24) is 0 Å². The fourth-order valence-corrected chi connectivity index (χ4v) is 2.93. The number of hydrogen-bond donors (Lipinski definition) is 1. The van der Waals surface area contributed by atoms with Crippen LogP contribution in [0.25, 0.3) is 0 Å². The van der Waals surface area contributed by atoms with Gasteiger partial charge in [0.2, 0.25) is 0 Å². The summed E-state index contributed by atoms with van der Waals surface area (Å²) in [5.74, 6) is -0.456. The number of hydrogen-bond acceptors (Lipinski definition) is 5. The highest BCUT2D eigenvalue weighted by Gasteiger charge is 2.18. The predicted octanol–water partition coefficient (Wildman–Crippen LogP) is 4.25. The SMILES string of the molecule is COC(=O)c1ccc(NC(=O)[C@@H](C)Oc2ccc(Cl)cc2Cl)s1. The van der Waals surface area contributed by atoms with Gasteiger partial charge in [0, 0.05) is 5.02 Å². The first-order chi connectivity index (χ1) is 10.9. The van der Waals surface area contributed by atoms with E-state index in [1.54, 1.807) is 31.2 Å². The number of nitrogens with one attached hydrogen (secondary N) is 1. The zero-order chi connectivity index (χ0) is 17.0. The third-order valence-corrected chi connectivity index (χ3v) is 4.32. The van der Waals surface area contributed by atoms with Crippen LogP contribution in [0.3, 0.4) is 0 Å². The highest BCUT2D eigenvalue weighted by molar-refractivity contribution is 7.18. The van der Waals surface area contributed by atoms with E-state index in [-0.39, 0.29) is 5.91 Å². The number of benzene rings is 1. The Kier molecular flexibility index (Phi) is 5.87. The molecular formula is C15H13Cl2NO4S. The van der Waals surface area contributed by atoms with Gasteiger partial charge in [0.25, 0.3) is 5.91 Å². The Morgan fingerprint density at radius 1 is 1.22 bits per heavy atom. The topological polar surface area (TPSA) is 64.6 Å². The number of methoxy groups -OCH3 is 1. The summed E-state index contributed by atoms with van der Waals surface area (Å²) in [7, 11) is 1.30. The smallest absolute Gasteiger partial charge is 0.348 e. The molecule has 2 rings (SSSR count). The zero-order valence-electron chi connectivity index (χ0n) is 12.3. The van der Waals surface area contributed by atoms with Crippen molar-refractivity contribution >= 4 is 51.4 Å². The molecule has 0 aliphatic heterocycles. The first-order valence-electron chi connectivity index (χ1n) is 6.51. The molecule has 8 heteroatoms. The van der Waals surface area contributed by atoms with E-state index >= 15 is 0 Å². The molecule has 0 radical (unpaired) electrons. The van der Waals surface area contributed by atoms with Crippen LogP contribution < -0.4 is 10.1 Å². The number of carbonyl (C=O) groups is 2. The molecule has 23 heavy (non-hydrogen) atoms. The van der Waals surface area contributed by atoms with E-state index in [4.69, 9.17) is 27.9 Å². The summed E-state index contributed by atoms with van der Waals surface area (Å²) in [6.45, 7) is 1.59. The molecule has 1 heterocycles. The molecule has 0 aliphatic carbocycles. The van der Waals surface area contributed by atoms with Crippen LogP contribution in [0.1, 0.15) is 16.6 Å². The lowest BCUT2D eigenvalue weighted by Crippen LogP contribution is -2.29. The summed E-state index contributed by atoms with van der Waals surface area (Å²) in [6.07, 6.45) is -0.780. The molecule has 2 aromatic rings. The maximum absolute atomic E-state index is 12.1. The molecule has 0 saturated heterocycles. The van der Waals surface area contributed by atoms with Crippen LogP contribution in [-0.4, -0.2) is 25.1 Å². The third-order valence-electron chi connectivity index (χ3n) is 2.81. The Morgan fingerprint density at radius 3 is 2.61 bits per heavy atom. The number of thiophene rings is 1. The molecule has 1 N–H and O–H groups in total. The molecule has 0 unspecified atom stereocenters. The lowest BCUT2D eigenvalue weighted by molar-refractivity contribution is -0.122. The molecule has 0 saturated carbocycles. The summed E-state index contributed by atoms with van der Waals surface area (Å²) in [5.41, 5.74) is 0. The van der Waals surface area contributed by atoms with Crippen molar-refractivity contribution in [3.8, 4) is 5.75 Å². The van der Waals surface area contributed by atoms with Gasteiger partial charge < -0.3 is 14.8 Å². The average Bonchev–Trinajstić information content (AvgIpc) is 2.97. The second kappa shape index (κ2) is 7.68. The van der Waals surface area contributed by atoms with E-state index in [0.29, 0.717) is 25.7 Å². The molecule has 0 fully saturated rings. The Labute approximate surface area is 147 Å². The van der Waals surface area contributed by atoms with Crippen LogP contribution in [0, 0.1) is 0 Å². The van der Waals surface area contributed by atoms with Crippen molar-refractivity contribution in [2.75, 3.05) is 12.4 Å². The van der Waals surface area contributed by atoms with Crippen LogP contribution in [0.4, 0.5) is 5.00 Å². The number of esters is 1. The standard InChI is InChI=1S/C15H13Cl2NO4S/c1-8(22-11-4-3-9(16)7-10(11)17)14(19)18-13-6-5-12(23-13)15(20)21-2/h3-8H,1-2H3,(H,18,19)/t8-/m1/s1. The molecule has 0 spiro atoms. The van der Waals surface area contributed by atoms with Crippen molar-refractivity contribution in [2.45, 2.75) is 13.0 Å². The van der Waals surface area contributed by atoms with Gasteiger partial charge in [0.05, 0.1) is 17.1 Å². The maximum atomic E-state index is 12.1. The Hall–Kier alpha value is -1.76. The van der Waals surface area contributed by atoms with Crippen molar-refractivity contribution < 1.29 is 19.1 Å². The second-order valence-corrected chi connectivity index (χ2v) is 6.41. The fourth-order valence-electron chi connectivity index (χ4n) is 1.65. The summed E-state index contributed by atoms with van der Waals surface area (Å²) >= 11 is 12.9. The molecule has 1 atom stereocenters. The van der Waals surface area contributed by atoms with Crippen molar-refractivity contribution in [1.29, 1.82) is 0 Å². The highest BCUT2D eigenvalue weighted by Crippen LogP contribution is 2.29. The van der Waals surface area contributed by atoms with Crippen molar-refractivity contribution in [3.05, 3.63) is 45.3 Å². The Balaban J connectivity index is 1.99. The van der Waals surface area contributed by atoms with Gasteiger partial charge in [-0.1, -0.05) is 23.2 Å². The van der Waals surface area contributed by atoms with Gasteiger partial charge in [0.15, 0.2) is 6.10 Å². The predicted molar refractivity (Wildman–Crippen MR) is 90.8 cm³/mol. The molecule has 0 bridgehead atoms. The molecule has 1 amide bonds. The first-order valence-corrected chi connectivity index (χ1v) is 8.08. The zero-order valence-corrected chi connectivity index (χ0v) is 14.6. The monoisotopic (exact) mass is 373 g/mol. The quantitative estimate of drug-likeness (QED) is 0.795. The number of ether oxygens (including phenoxy) is 2. The Morgan fingerprint density at radius 2 is 1.96 bits per heavy atom. The number of rotatable bonds is 5. The maximum Gasteiger partial charge on any atom is 0.348 e. The lowest BCUT2D eigenvalue weighted by Gasteiger charge is -2.15. The number of anilines is 1. The van der Waals surface area contributed by atoms with E-state index in [0.717, 1.165) is 11.3 Å². The second-order valence-electron chi connectivity index (χ2n) is 4.48. The molecule has 0 aliphatic rings. The largest absolute Gasteiger partial charge is 0.479 e. The van der Waals surface area contributed by atoms with Crippen molar-refractivity contribution in [2.24, 2.45) is 0 Å². The first kappa shape index (κ1) is 17.6. The van der Waals surface area contributed by atoms with E-state index in [1.165, 1.54) is 13.2 Å². The van der Waals surface area contributed by atoms with Gasteiger partial charge in [-0.2, -0.15) is 0 Å². The number of carbonyl (C=O) groups excluding carboxylic acids is 2. The summed E-state index contributed by atoms with van der Waals surface area (Å²) in [5, 5.41) is 3.99. The van der Waals surface area contributed by atoms with Crippen LogP contribution >= 0.6 is 34.5 Å². The van der Waals surface area contributed by atoms with Gasteiger partial charge in [-0.05, 0) is 37.3 Å². The molecule has 122 valence electrons. The minimum absolute atomic E-state index is 0.321. The fraction of sp³-hybridized carbons (Fsp3) is 0.200. The van der Waals surface area contributed by atoms with Crippen LogP contribution in [0.2, 0.25) is 10.0 Å². The average molecular weight is 374 g/mol. The summed E-state index contributed by atoms with van der Waals surface area (Å²) in [6, 6.07) is 7.94. The van der Waals surface area contributed by atoms with E-state index in [2.05, 4.69) is 10.1 Å². The molecule has 1 aromatic carbocycles.